The van der Waals surface area contributed by atoms with Crippen LogP contribution in [0.5, 0.6) is 0 Å². The maximum Gasteiger partial charge on any atom is 0.280 e. The van der Waals surface area contributed by atoms with E-state index >= 15 is 0 Å². The Bertz CT molecular complexity index is 749. The minimum Gasteiger partial charge on any atom is -0.332 e. The number of halogens is 1. The normalized spacial score (nSPS) is 16.3. The van der Waals surface area contributed by atoms with Crippen LogP contribution in [0.2, 0.25) is 0 Å². The molecule has 0 atom stereocenters. The van der Waals surface area contributed by atoms with Crippen molar-refractivity contribution in [3.05, 3.63) is 18.2 Å². The zero-order valence-corrected chi connectivity index (χ0v) is 15.4. The molecule has 9 heteroatoms. The van der Waals surface area contributed by atoms with Crippen molar-refractivity contribution < 1.29 is 9.32 Å². The monoisotopic (exact) mass is 366 g/mol. The van der Waals surface area contributed by atoms with Crippen LogP contribution >= 0.6 is 12.4 Å². The topological polar surface area (TPSA) is 120 Å². The van der Waals surface area contributed by atoms with Crippen molar-refractivity contribution in [2.45, 2.75) is 52.0 Å². The van der Waals surface area contributed by atoms with E-state index in [1.807, 2.05) is 20.8 Å². The third-order valence-electron chi connectivity index (χ3n) is 4.18. The van der Waals surface area contributed by atoms with Crippen LogP contribution in [-0.4, -0.2) is 26.0 Å². The van der Waals surface area contributed by atoms with E-state index in [9.17, 15) is 4.79 Å². The number of hydrogen-bond acceptors (Lipinski definition) is 7. The van der Waals surface area contributed by atoms with Crippen LogP contribution in [0.15, 0.2) is 16.9 Å². The summed E-state index contributed by atoms with van der Waals surface area (Å²) < 4.78 is 5.34. The average molecular weight is 367 g/mol. The van der Waals surface area contributed by atoms with E-state index < -0.39 is 11.0 Å². The molecule has 2 heterocycles. The molecule has 2 aromatic rings. The van der Waals surface area contributed by atoms with Gasteiger partial charge in [-0.05, 0) is 12.8 Å². The number of nitrogens with two attached hydrogens (primary N) is 1. The first kappa shape index (κ1) is 19.3. The highest BCUT2D eigenvalue weighted by Gasteiger charge is 2.36. The van der Waals surface area contributed by atoms with Crippen LogP contribution in [0.4, 0.5) is 5.82 Å². The summed E-state index contributed by atoms with van der Waals surface area (Å²) in [5.74, 6) is 0.813. The second-order valence-electron chi connectivity index (χ2n) is 7.24. The molecule has 0 aliphatic heterocycles. The number of amides is 1. The van der Waals surface area contributed by atoms with Gasteiger partial charge in [0, 0.05) is 17.8 Å². The summed E-state index contributed by atoms with van der Waals surface area (Å²) in [5, 5.41) is 6.79. The van der Waals surface area contributed by atoms with Gasteiger partial charge in [0.25, 0.3) is 5.89 Å². The van der Waals surface area contributed by atoms with Gasteiger partial charge in [-0.2, -0.15) is 4.98 Å². The lowest BCUT2D eigenvalue weighted by Gasteiger charge is -2.18. The van der Waals surface area contributed by atoms with Gasteiger partial charge in [-0.3, -0.25) is 4.79 Å². The third-order valence-corrected chi connectivity index (χ3v) is 4.18. The fraction of sp³-hybridized carbons (Fsp3) is 0.562. The number of anilines is 1. The average Bonchev–Trinajstić information content (AvgIpc) is 3.17. The van der Waals surface area contributed by atoms with Gasteiger partial charge in [-0.1, -0.05) is 38.8 Å². The minimum atomic E-state index is -0.556. The molecule has 1 aliphatic carbocycles. The molecule has 3 N–H and O–H groups in total. The van der Waals surface area contributed by atoms with Gasteiger partial charge in [0.1, 0.15) is 0 Å². The SMILES string of the molecule is CC(C)(C)C(=O)Nc1nccnc1-c1nc(C2(N)CCCC2)no1.Cl. The molecule has 25 heavy (non-hydrogen) atoms. The Balaban J connectivity index is 0.00000225. The van der Waals surface area contributed by atoms with Gasteiger partial charge >= 0.3 is 0 Å². The molecule has 8 nitrogen and oxygen atoms in total. The lowest BCUT2D eigenvalue weighted by Crippen LogP contribution is -2.34. The fourth-order valence-electron chi connectivity index (χ4n) is 2.63. The molecule has 1 saturated carbocycles. The summed E-state index contributed by atoms with van der Waals surface area (Å²) in [5.41, 5.74) is 5.60. The fourth-order valence-corrected chi connectivity index (χ4v) is 2.63. The third kappa shape index (κ3) is 3.96. The summed E-state index contributed by atoms with van der Waals surface area (Å²) >= 11 is 0. The van der Waals surface area contributed by atoms with Crippen molar-refractivity contribution in [2.75, 3.05) is 5.32 Å². The van der Waals surface area contributed by atoms with E-state index in [0.717, 1.165) is 25.7 Å². The molecule has 136 valence electrons. The van der Waals surface area contributed by atoms with Crippen molar-refractivity contribution in [1.82, 2.24) is 20.1 Å². The van der Waals surface area contributed by atoms with Gasteiger partial charge in [0.15, 0.2) is 17.3 Å². The highest BCUT2D eigenvalue weighted by Crippen LogP contribution is 2.35. The molecule has 0 saturated heterocycles. The van der Waals surface area contributed by atoms with E-state index in [-0.39, 0.29) is 24.2 Å². The van der Waals surface area contributed by atoms with Crippen molar-refractivity contribution in [3.8, 4) is 11.6 Å². The molecule has 3 rings (SSSR count). The van der Waals surface area contributed by atoms with Gasteiger partial charge in [-0.25, -0.2) is 9.97 Å². The smallest absolute Gasteiger partial charge is 0.280 e. The van der Waals surface area contributed by atoms with E-state index in [4.69, 9.17) is 10.3 Å². The van der Waals surface area contributed by atoms with Crippen LogP contribution in [0.25, 0.3) is 11.6 Å². The second-order valence-corrected chi connectivity index (χ2v) is 7.24. The summed E-state index contributed by atoms with van der Waals surface area (Å²) in [6.07, 6.45) is 6.79. The maximum atomic E-state index is 12.2. The van der Waals surface area contributed by atoms with E-state index in [1.165, 1.54) is 12.4 Å². The van der Waals surface area contributed by atoms with Crippen LogP contribution in [0, 0.1) is 5.41 Å². The molecule has 1 aliphatic rings. The summed E-state index contributed by atoms with van der Waals surface area (Å²) in [4.78, 5) is 25.0. The van der Waals surface area contributed by atoms with E-state index in [1.54, 1.807) is 0 Å². The molecule has 1 amide bonds. The molecule has 0 bridgehead atoms. The molecule has 2 aromatic heterocycles. The molecule has 0 unspecified atom stereocenters. The van der Waals surface area contributed by atoms with E-state index in [2.05, 4.69) is 25.4 Å². The number of carbonyl (C=O) groups is 1. The Morgan fingerprint density at radius 1 is 1.24 bits per heavy atom. The number of aromatic nitrogens is 4. The molecule has 0 radical (unpaired) electrons. The number of rotatable bonds is 3. The predicted molar refractivity (Wildman–Crippen MR) is 95.0 cm³/mol. The molecular formula is C16H23ClN6O2. The van der Waals surface area contributed by atoms with Crippen LogP contribution < -0.4 is 11.1 Å². The maximum absolute atomic E-state index is 12.2. The summed E-state index contributed by atoms with van der Waals surface area (Å²) in [6, 6.07) is 0. The Morgan fingerprint density at radius 3 is 2.52 bits per heavy atom. The first-order valence-corrected chi connectivity index (χ1v) is 8.05. The van der Waals surface area contributed by atoms with E-state index in [0.29, 0.717) is 17.3 Å². The second kappa shape index (κ2) is 7.05. The molecular weight excluding hydrogens is 344 g/mol. The number of nitrogens with zero attached hydrogens (tertiary/aromatic N) is 4. The standard InChI is InChI=1S/C16H22N6O2.ClH/c1-15(2,3)14(23)20-11-10(18-8-9-19-11)12-21-13(22-24-12)16(17)6-4-5-7-16;/h8-9H,4-7,17H2,1-3H3,(H,19,20,23);1H. The Morgan fingerprint density at radius 2 is 1.88 bits per heavy atom. The number of hydrogen-bond donors (Lipinski definition) is 2. The van der Waals surface area contributed by atoms with Crippen LogP contribution in [0.1, 0.15) is 52.3 Å². The highest BCUT2D eigenvalue weighted by molar-refractivity contribution is 5.95. The van der Waals surface area contributed by atoms with Gasteiger partial charge < -0.3 is 15.6 Å². The van der Waals surface area contributed by atoms with Gasteiger partial charge in [-0.15, -0.1) is 12.4 Å². The summed E-state index contributed by atoms with van der Waals surface area (Å²) in [7, 11) is 0. The minimum absolute atomic E-state index is 0. The van der Waals surface area contributed by atoms with Crippen LogP contribution in [0.3, 0.4) is 0 Å². The summed E-state index contributed by atoms with van der Waals surface area (Å²) in [6.45, 7) is 5.46. The molecule has 1 fully saturated rings. The predicted octanol–water partition coefficient (Wildman–Crippen LogP) is 2.66. The number of carbonyl (C=O) groups excluding carboxylic acids is 1. The van der Waals surface area contributed by atoms with Gasteiger partial charge in [0.05, 0.1) is 5.54 Å². The Kier molecular flexibility index (Phi) is 5.43. The molecule has 0 aromatic carbocycles. The van der Waals surface area contributed by atoms with Crippen molar-refractivity contribution >= 4 is 24.1 Å². The zero-order valence-electron chi connectivity index (χ0n) is 14.6. The Labute approximate surface area is 152 Å². The largest absolute Gasteiger partial charge is 0.332 e. The lowest BCUT2D eigenvalue weighted by molar-refractivity contribution is -0.123. The highest BCUT2D eigenvalue weighted by atomic mass is 35.5. The van der Waals surface area contributed by atoms with Crippen molar-refractivity contribution in [1.29, 1.82) is 0 Å². The zero-order chi connectivity index (χ0) is 17.4. The quantitative estimate of drug-likeness (QED) is 0.856. The first-order valence-electron chi connectivity index (χ1n) is 8.05. The lowest BCUT2D eigenvalue weighted by atomic mass is 9.96. The van der Waals surface area contributed by atoms with Crippen molar-refractivity contribution in [2.24, 2.45) is 11.1 Å². The Hall–Kier alpha value is -2.06. The van der Waals surface area contributed by atoms with Crippen LogP contribution in [-0.2, 0) is 10.3 Å². The van der Waals surface area contributed by atoms with Gasteiger partial charge in [0.2, 0.25) is 5.91 Å². The molecule has 0 spiro atoms. The van der Waals surface area contributed by atoms with Crippen molar-refractivity contribution in [3.63, 3.8) is 0 Å². The first-order chi connectivity index (χ1) is 11.3. The number of nitrogens with one attached hydrogen (secondary N) is 1.